The van der Waals surface area contributed by atoms with Crippen molar-refractivity contribution in [2.75, 3.05) is 0 Å². The molecule has 0 aromatic carbocycles. The molecule has 0 amide bonds. The number of esters is 1. The van der Waals surface area contributed by atoms with Gasteiger partial charge in [0.05, 0.1) is 18.1 Å². The SMILES string of the molecule is CC(O)CC(O)CC[C@H]1OC(=O)[C@@H]1C. The first-order chi connectivity index (χ1) is 6.50. The maximum absolute atomic E-state index is 10.7. The molecule has 1 heterocycles. The fourth-order valence-electron chi connectivity index (χ4n) is 1.62. The average molecular weight is 202 g/mol. The Labute approximate surface area is 83.9 Å². The number of hydrogen-bond donors (Lipinski definition) is 2. The second-order valence-corrected chi connectivity index (χ2v) is 4.08. The smallest absolute Gasteiger partial charge is 0.312 e. The standard InChI is InChI=1S/C10H18O4/c1-6(11)5-8(12)3-4-9-7(2)10(13)14-9/h6-9,11-12H,3-5H2,1-2H3/t6?,7-,8?,9-/m1/s1. The van der Waals surface area contributed by atoms with Crippen molar-refractivity contribution in [2.45, 2.75) is 51.4 Å². The van der Waals surface area contributed by atoms with Crippen LogP contribution in [0.4, 0.5) is 0 Å². The van der Waals surface area contributed by atoms with E-state index in [9.17, 15) is 9.90 Å². The van der Waals surface area contributed by atoms with Gasteiger partial charge in [-0.25, -0.2) is 0 Å². The van der Waals surface area contributed by atoms with Crippen molar-refractivity contribution in [3.63, 3.8) is 0 Å². The summed E-state index contributed by atoms with van der Waals surface area (Å²) in [4.78, 5) is 10.7. The van der Waals surface area contributed by atoms with Crippen LogP contribution in [0.2, 0.25) is 0 Å². The second-order valence-electron chi connectivity index (χ2n) is 4.08. The Kier molecular flexibility index (Phi) is 3.89. The molecule has 14 heavy (non-hydrogen) atoms. The van der Waals surface area contributed by atoms with E-state index < -0.39 is 12.2 Å². The van der Waals surface area contributed by atoms with Gasteiger partial charge in [-0.2, -0.15) is 0 Å². The minimum absolute atomic E-state index is 0.0336. The first kappa shape index (κ1) is 11.5. The van der Waals surface area contributed by atoms with Crippen LogP contribution in [0, 0.1) is 5.92 Å². The van der Waals surface area contributed by atoms with E-state index in [2.05, 4.69) is 0 Å². The molecule has 2 unspecified atom stereocenters. The predicted octanol–water partition coefficient (Wildman–Crippen LogP) is 0.460. The molecule has 4 heteroatoms. The quantitative estimate of drug-likeness (QED) is 0.636. The zero-order chi connectivity index (χ0) is 10.7. The summed E-state index contributed by atoms with van der Waals surface area (Å²) < 4.78 is 4.89. The van der Waals surface area contributed by atoms with Gasteiger partial charge in [-0.1, -0.05) is 0 Å². The Morgan fingerprint density at radius 2 is 2.14 bits per heavy atom. The van der Waals surface area contributed by atoms with Crippen molar-refractivity contribution < 1.29 is 19.7 Å². The molecule has 0 aromatic rings. The summed E-state index contributed by atoms with van der Waals surface area (Å²) in [5, 5.41) is 18.4. The van der Waals surface area contributed by atoms with Crippen LogP contribution in [0.15, 0.2) is 0 Å². The molecular formula is C10H18O4. The number of hydrogen-bond acceptors (Lipinski definition) is 4. The third kappa shape index (κ3) is 2.96. The van der Waals surface area contributed by atoms with Gasteiger partial charge < -0.3 is 14.9 Å². The van der Waals surface area contributed by atoms with Crippen LogP contribution in [0.5, 0.6) is 0 Å². The average Bonchev–Trinajstić information content (AvgIpc) is 2.10. The molecule has 1 fully saturated rings. The van der Waals surface area contributed by atoms with E-state index in [-0.39, 0.29) is 18.0 Å². The summed E-state index contributed by atoms with van der Waals surface area (Å²) in [6, 6.07) is 0. The highest BCUT2D eigenvalue weighted by Gasteiger charge is 2.38. The third-order valence-electron chi connectivity index (χ3n) is 2.59. The van der Waals surface area contributed by atoms with Gasteiger partial charge in [0.2, 0.25) is 0 Å². The molecule has 1 aliphatic rings. The minimum atomic E-state index is -0.499. The van der Waals surface area contributed by atoms with E-state index in [1.807, 2.05) is 6.92 Å². The molecule has 82 valence electrons. The zero-order valence-electron chi connectivity index (χ0n) is 8.64. The molecule has 0 radical (unpaired) electrons. The van der Waals surface area contributed by atoms with Crippen LogP contribution >= 0.6 is 0 Å². The summed E-state index contributed by atoms with van der Waals surface area (Å²) in [7, 11) is 0. The number of carbonyl (C=O) groups excluding carboxylic acids is 1. The Balaban J connectivity index is 2.12. The normalized spacial score (nSPS) is 30.4. The van der Waals surface area contributed by atoms with Gasteiger partial charge in [0.1, 0.15) is 6.10 Å². The minimum Gasteiger partial charge on any atom is -0.461 e. The van der Waals surface area contributed by atoms with Crippen molar-refractivity contribution in [3.05, 3.63) is 0 Å². The monoisotopic (exact) mass is 202 g/mol. The van der Waals surface area contributed by atoms with Gasteiger partial charge in [-0.15, -0.1) is 0 Å². The molecule has 1 aliphatic heterocycles. The van der Waals surface area contributed by atoms with Gasteiger partial charge in [0, 0.05) is 0 Å². The lowest BCUT2D eigenvalue weighted by atomic mass is 9.93. The fourth-order valence-corrected chi connectivity index (χ4v) is 1.62. The van der Waals surface area contributed by atoms with Crippen molar-refractivity contribution in [3.8, 4) is 0 Å². The maximum atomic E-state index is 10.7. The number of aliphatic hydroxyl groups is 2. The van der Waals surface area contributed by atoms with E-state index in [1.165, 1.54) is 0 Å². The highest BCUT2D eigenvalue weighted by molar-refractivity contribution is 5.77. The first-order valence-corrected chi connectivity index (χ1v) is 5.07. The number of carbonyl (C=O) groups is 1. The summed E-state index contributed by atoms with van der Waals surface area (Å²) in [5.41, 5.74) is 0. The largest absolute Gasteiger partial charge is 0.461 e. The van der Waals surface area contributed by atoms with Crippen molar-refractivity contribution in [1.82, 2.24) is 0 Å². The number of rotatable bonds is 5. The topological polar surface area (TPSA) is 66.8 Å². The Hall–Kier alpha value is -0.610. The highest BCUT2D eigenvalue weighted by atomic mass is 16.6. The lowest BCUT2D eigenvalue weighted by Gasteiger charge is -2.33. The molecule has 0 bridgehead atoms. The van der Waals surface area contributed by atoms with E-state index in [0.29, 0.717) is 19.3 Å². The highest BCUT2D eigenvalue weighted by Crippen LogP contribution is 2.26. The lowest BCUT2D eigenvalue weighted by molar-refractivity contribution is -0.183. The van der Waals surface area contributed by atoms with Crippen molar-refractivity contribution >= 4 is 5.97 Å². The summed E-state index contributed by atoms with van der Waals surface area (Å²) in [6.45, 7) is 3.48. The predicted molar refractivity (Wildman–Crippen MR) is 50.6 cm³/mol. The summed E-state index contributed by atoms with van der Waals surface area (Å²) in [5.74, 6) is -0.186. The number of cyclic esters (lactones) is 1. The van der Waals surface area contributed by atoms with Gasteiger partial charge in [0.25, 0.3) is 0 Å². The summed E-state index contributed by atoms with van der Waals surface area (Å²) in [6.07, 6.45) is 0.627. The Morgan fingerprint density at radius 1 is 1.50 bits per heavy atom. The van der Waals surface area contributed by atoms with Crippen molar-refractivity contribution in [2.24, 2.45) is 5.92 Å². The van der Waals surface area contributed by atoms with Crippen LogP contribution in [0.25, 0.3) is 0 Å². The Morgan fingerprint density at radius 3 is 2.57 bits per heavy atom. The number of aliphatic hydroxyl groups excluding tert-OH is 2. The maximum Gasteiger partial charge on any atom is 0.312 e. The second kappa shape index (κ2) is 4.75. The lowest BCUT2D eigenvalue weighted by Crippen LogP contribution is -2.43. The van der Waals surface area contributed by atoms with Crippen molar-refractivity contribution in [1.29, 1.82) is 0 Å². The molecule has 1 saturated heterocycles. The van der Waals surface area contributed by atoms with Gasteiger partial charge >= 0.3 is 5.97 Å². The fraction of sp³-hybridized carbons (Fsp3) is 0.900. The van der Waals surface area contributed by atoms with E-state index in [4.69, 9.17) is 9.84 Å². The first-order valence-electron chi connectivity index (χ1n) is 5.07. The molecule has 0 aromatic heterocycles. The molecule has 4 nitrogen and oxygen atoms in total. The van der Waals surface area contributed by atoms with E-state index in [1.54, 1.807) is 6.92 Å². The Bertz CT molecular complexity index is 202. The molecule has 0 spiro atoms. The molecule has 2 N–H and O–H groups in total. The molecule has 0 aliphatic carbocycles. The summed E-state index contributed by atoms with van der Waals surface area (Å²) >= 11 is 0. The van der Waals surface area contributed by atoms with Gasteiger partial charge in [-0.05, 0) is 33.1 Å². The molecule has 4 atom stereocenters. The van der Waals surface area contributed by atoms with Crippen LogP contribution in [0.1, 0.15) is 33.1 Å². The van der Waals surface area contributed by atoms with Crippen LogP contribution in [-0.4, -0.2) is 34.5 Å². The molecule has 1 rings (SSSR count). The van der Waals surface area contributed by atoms with Gasteiger partial charge in [0.15, 0.2) is 0 Å². The third-order valence-corrected chi connectivity index (χ3v) is 2.59. The molecular weight excluding hydrogens is 184 g/mol. The number of ether oxygens (including phenoxy) is 1. The van der Waals surface area contributed by atoms with Gasteiger partial charge in [-0.3, -0.25) is 4.79 Å². The van der Waals surface area contributed by atoms with Crippen LogP contribution < -0.4 is 0 Å². The van der Waals surface area contributed by atoms with Crippen LogP contribution in [-0.2, 0) is 9.53 Å². The zero-order valence-corrected chi connectivity index (χ0v) is 8.64. The van der Waals surface area contributed by atoms with Crippen LogP contribution in [0.3, 0.4) is 0 Å². The van der Waals surface area contributed by atoms with E-state index >= 15 is 0 Å². The molecule has 0 saturated carbocycles. The van der Waals surface area contributed by atoms with E-state index in [0.717, 1.165) is 0 Å².